The Labute approximate surface area is 495 Å². The molecule has 2 heteroatoms. The van der Waals surface area contributed by atoms with Gasteiger partial charge in [-0.3, -0.25) is 0 Å². The van der Waals surface area contributed by atoms with Gasteiger partial charge in [-0.2, -0.15) is 0 Å². The molecule has 0 N–H and O–H groups in total. The quantitative estimate of drug-likeness (QED) is 0.149. The Kier molecular flexibility index (Phi) is 10.7. The van der Waals surface area contributed by atoms with E-state index in [9.17, 15) is 0 Å². The SMILES string of the molecule is c1cc(-c2c3ccccc3c(-c3cccc4ccccc34)c3ccccc23)cc(-c2cccc3c2oc2cc(-c4cccc5c(-c6c7ccccc7c(-c7ccc(-c8cccc9c8oc8ccccc89)cc7)c7ccccc67)cccc45)ccc23)c1. The van der Waals surface area contributed by atoms with Gasteiger partial charge in [0.2, 0.25) is 0 Å². The molecule has 18 rings (SSSR count). The van der Waals surface area contributed by atoms with E-state index in [0.717, 1.165) is 77.3 Å². The van der Waals surface area contributed by atoms with E-state index >= 15 is 0 Å². The summed E-state index contributed by atoms with van der Waals surface area (Å²) in [5.41, 5.74) is 20.0. The fourth-order valence-corrected chi connectivity index (χ4v) is 14.5. The first-order valence-corrected chi connectivity index (χ1v) is 29.6. The molecule has 0 aliphatic heterocycles. The molecule has 0 saturated heterocycles. The Hall–Kier alpha value is -11.3. The van der Waals surface area contributed by atoms with Gasteiger partial charge >= 0.3 is 0 Å². The minimum absolute atomic E-state index is 0.863. The number of hydrogen-bond acceptors (Lipinski definition) is 2. The molecule has 0 atom stereocenters. The van der Waals surface area contributed by atoms with Crippen molar-refractivity contribution in [1.82, 2.24) is 0 Å². The lowest BCUT2D eigenvalue weighted by atomic mass is 9.84. The Morgan fingerprint density at radius 3 is 1.12 bits per heavy atom. The average Bonchev–Trinajstić information content (AvgIpc) is 1.74. The molecule has 0 saturated carbocycles. The van der Waals surface area contributed by atoms with Crippen molar-refractivity contribution in [3.8, 4) is 77.9 Å². The second kappa shape index (κ2) is 19.1. The van der Waals surface area contributed by atoms with E-state index < -0.39 is 0 Å². The smallest absolute Gasteiger partial charge is 0.143 e. The van der Waals surface area contributed by atoms with Crippen LogP contribution in [0.1, 0.15) is 0 Å². The second-order valence-electron chi connectivity index (χ2n) is 22.8. The molecular formula is C84H50O2. The molecule has 0 unspecified atom stereocenters. The van der Waals surface area contributed by atoms with Crippen molar-refractivity contribution < 1.29 is 8.83 Å². The largest absolute Gasteiger partial charge is 0.455 e. The van der Waals surface area contributed by atoms with Gasteiger partial charge in [-0.25, -0.2) is 0 Å². The van der Waals surface area contributed by atoms with Gasteiger partial charge in [0.25, 0.3) is 0 Å². The zero-order valence-corrected chi connectivity index (χ0v) is 46.7. The first kappa shape index (κ1) is 48.2. The van der Waals surface area contributed by atoms with Gasteiger partial charge in [-0.15, -0.1) is 0 Å². The van der Waals surface area contributed by atoms with E-state index in [2.05, 4.69) is 291 Å². The van der Waals surface area contributed by atoms with Crippen LogP contribution in [-0.4, -0.2) is 0 Å². The van der Waals surface area contributed by atoms with Crippen LogP contribution in [0, 0.1) is 0 Å². The Morgan fingerprint density at radius 2 is 0.512 bits per heavy atom. The fourth-order valence-electron chi connectivity index (χ4n) is 14.5. The van der Waals surface area contributed by atoms with Crippen molar-refractivity contribution in [2.24, 2.45) is 0 Å². The molecule has 2 heterocycles. The maximum atomic E-state index is 7.09. The molecule has 0 amide bonds. The summed E-state index contributed by atoms with van der Waals surface area (Å²) in [5.74, 6) is 0. The molecule has 2 aromatic heterocycles. The molecule has 0 bridgehead atoms. The monoisotopic (exact) mass is 1090 g/mol. The van der Waals surface area contributed by atoms with Gasteiger partial charge in [0.05, 0.1) is 0 Å². The number of furan rings is 2. The van der Waals surface area contributed by atoms with Gasteiger partial charge in [-0.1, -0.05) is 279 Å². The van der Waals surface area contributed by atoms with Crippen molar-refractivity contribution in [2.75, 3.05) is 0 Å². The van der Waals surface area contributed by atoms with E-state index in [1.54, 1.807) is 0 Å². The molecule has 0 fully saturated rings. The second-order valence-corrected chi connectivity index (χ2v) is 22.8. The van der Waals surface area contributed by atoms with Crippen LogP contribution in [0.15, 0.2) is 312 Å². The normalized spacial score (nSPS) is 12.0. The Morgan fingerprint density at radius 1 is 0.163 bits per heavy atom. The van der Waals surface area contributed by atoms with Crippen LogP contribution in [-0.2, 0) is 0 Å². The number of hydrogen-bond donors (Lipinski definition) is 0. The van der Waals surface area contributed by atoms with Crippen molar-refractivity contribution in [2.45, 2.75) is 0 Å². The van der Waals surface area contributed by atoms with Crippen molar-refractivity contribution >= 4 is 109 Å². The lowest BCUT2D eigenvalue weighted by Gasteiger charge is -2.19. The van der Waals surface area contributed by atoms with E-state index in [-0.39, 0.29) is 0 Å². The van der Waals surface area contributed by atoms with Gasteiger partial charge in [0.1, 0.15) is 22.3 Å². The molecule has 398 valence electrons. The van der Waals surface area contributed by atoms with E-state index in [0.29, 0.717) is 0 Å². The van der Waals surface area contributed by atoms with Crippen LogP contribution in [0.25, 0.3) is 186 Å². The summed E-state index contributed by atoms with van der Waals surface area (Å²) < 4.78 is 13.6. The standard InChI is InChI=1S/C84H50O2/c1-2-23-57-51(19-1)20-14-38-65(57)81-73-31-9-5-27-69(73)80(70-28-6-10-32-74(70)81)56-22-13-21-54(49-56)60-35-17-41-76-64-48-47-55(50-78(64)86-84(60)76)58-33-15-37-62-61(58)36-18-39-66(62)82-71-29-7-3-25-67(71)79(68-26-4-8-30-72(68)82)53-45-43-52(44-46-53)59-34-16-40-75-63-24-11-12-42-77(63)85-83(59)75/h1-50H. The van der Waals surface area contributed by atoms with Crippen molar-refractivity contribution in [3.63, 3.8) is 0 Å². The number of rotatable bonds is 7. The van der Waals surface area contributed by atoms with Gasteiger partial charge in [0, 0.05) is 32.7 Å². The summed E-state index contributed by atoms with van der Waals surface area (Å²) in [4.78, 5) is 0. The highest BCUT2D eigenvalue weighted by molar-refractivity contribution is 6.26. The highest BCUT2D eigenvalue weighted by Crippen LogP contribution is 2.50. The molecule has 0 aliphatic carbocycles. The lowest BCUT2D eigenvalue weighted by Crippen LogP contribution is -1.92. The minimum Gasteiger partial charge on any atom is -0.455 e. The molecular weight excluding hydrogens is 1040 g/mol. The zero-order chi connectivity index (χ0) is 56.4. The lowest BCUT2D eigenvalue weighted by molar-refractivity contribution is 0.669. The third kappa shape index (κ3) is 7.33. The summed E-state index contributed by atoms with van der Waals surface area (Å²) in [6.45, 7) is 0. The third-order valence-electron chi connectivity index (χ3n) is 18.3. The fraction of sp³-hybridized carbons (Fsp3) is 0. The Balaban J connectivity index is 0.733. The van der Waals surface area contributed by atoms with Crippen LogP contribution < -0.4 is 0 Å². The molecule has 86 heavy (non-hydrogen) atoms. The summed E-state index contributed by atoms with van der Waals surface area (Å²) >= 11 is 0. The van der Waals surface area contributed by atoms with Crippen LogP contribution in [0.4, 0.5) is 0 Å². The molecule has 0 radical (unpaired) electrons. The van der Waals surface area contributed by atoms with Crippen LogP contribution in [0.2, 0.25) is 0 Å². The first-order valence-electron chi connectivity index (χ1n) is 29.6. The summed E-state index contributed by atoms with van der Waals surface area (Å²) in [6.07, 6.45) is 0. The van der Waals surface area contributed by atoms with Crippen molar-refractivity contribution in [3.05, 3.63) is 303 Å². The van der Waals surface area contributed by atoms with Gasteiger partial charge in [0.15, 0.2) is 0 Å². The van der Waals surface area contributed by atoms with Gasteiger partial charge in [-0.05, 0) is 156 Å². The first-order chi connectivity index (χ1) is 42.7. The highest BCUT2D eigenvalue weighted by Gasteiger charge is 2.23. The van der Waals surface area contributed by atoms with Crippen LogP contribution in [0.3, 0.4) is 0 Å². The highest BCUT2D eigenvalue weighted by atomic mass is 16.3. The predicted octanol–water partition coefficient (Wildman–Crippen LogP) is 24.1. The summed E-state index contributed by atoms with van der Waals surface area (Å²) in [6, 6.07) is 111. The van der Waals surface area contributed by atoms with Gasteiger partial charge < -0.3 is 8.83 Å². The van der Waals surface area contributed by atoms with E-state index in [4.69, 9.17) is 8.83 Å². The van der Waals surface area contributed by atoms with E-state index in [1.165, 1.54) is 109 Å². The molecule has 0 aliphatic rings. The third-order valence-corrected chi connectivity index (χ3v) is 18.3. The summed E-state index contributed by atoms with van der Waals surface area (Å²) in [7, 11) is 0. The molecule has 0 spiro atoms. The molecule has 2 nitrogen and oxygen atoms in total. The average molecular weight is 1090 g/mol. The van der Waals surface area contributed by atoms with Crippen LogP contribution >= 0.6 is 0 Å². The van der Waals surface area contributed by atoms with E-state index in [1.807, 2.05) is 12.1 Å². The molecule has 16 aromatic carbocycles. The number of benzene rings is 16. The topological polar surface area (TPSA) is 26.3 Å². The maximum absolute atomic E-state index is 7.09. The zero-order valence-electron chi connectivity index (χ0n) is 46.7. The van der Waals surface area contributed by atoms with Crippen LogP contribution in [0.5, 0.6) is 0 Å². The number of fused-ring (bicyclic) bond motifs is 12. The maximum Gasteiger partial charge on any atom is 0.143 e. The van der Waals surface area contributed by atoms with Crippen molar-refractivity contribution in [1.29, 1.82) is 0 Å². The summed E-state index contributed by atoms with van der Waals surface area (Å²) in [5, 5.41) is 19.2. The molecule has 18 aromatic rings. The minimum atomic E-state index is 0.863. The predicted molar refractivity (Wildman–Crippen MR) is 364 cm³/mol. The number of para-hydroxylation sites is 3. The Bertz CT molecular complexity index is 5720.